The van der Waals surface area contributed by atoms with E-state index in [1.807, 2.05) is 69.3 Å². The molecule has 7 nitrogen and oxygen atoms in total. The Labute approximate surface area is 248 Å². The van der Waals surface area contributed by atoms with Crippen LogP contribution in [0, 0.1) is 0 Å². The van der Waals surface area contributed by atoms with E-state index in [-0.39, 0.29) is 23.8 Å². The van der Waals surface area contributed by atoms with Crippen LogP contribution in [0.15, 0.2) is 72.8 Å². The molecule has 2 aromatic carbocycles. The topological polar surface area (TPSA) is 85.9 Å². The molecule has 8 heteroatoms. The highest BCUT2D eigenvalue weighted by Gasteiger charge is 2.40. The number of carbonyl (C=O) groups is 2. The largest absolute Gasteiger partial charge is 0.445 e. The number of hydrogen-bond acceptors (Lipinski definition) is 5. The van der Waals surface area contributed by atoms with Gasteiger partial charge in [-0.3, -0.25) is 0 Å². The predicted molar refractivity (Wildman–Crippen MR) is 168 cm³/mol. The van der Waals surface area contributed by atoms with Crippen LogP contribution in [0.2, 0.25) is 18.1 Å². The summed E-state index contributed by atoms with van der Waals surface area (Å²) in [6.07, 6.45) is 4.96. The van der Waals surface area contributed by atoms with Crippen molar-refractivity contribution in [1.82, 2.24) is 10.6 Å². The lowest BCUT2D eigenvalue weighted by Gasteiger charge is -2.41. The van der Waals surface area contributed by atoms with Crippen LogP contribution in [0.4, 0.5) is 9.59 Å². The standard InChI is InChI=1S/C33H50N2O5Si/c1-32(2,3)39-31(37)35-28(24-26-18-12-9-13-19-26)29(40-41(7,8)33(4,5)6)22-16-11-17-23-34-30(36)38-25-27-20-14-10-15-21-27/h9-10,12-16,18-22,28-29H,11,17,23-25H2,1-8H3,(H,34,36)(H,35,37)/b22-16+/t28-,29+/m0/s1. The number of rotatable bonds is 13. The summed E-state index contributed by atoms with van der Waals surface area (Å²) >= 11 is 0. The van der Waals surface area contributed by atoms with Crippen molar-refractivity contribution >= 4 is 20.5 Å². The third kappa shape index (κ3) is 13.4. The van der Waals surface area contributed by atoms with E-state index in [4.69, 9.17) is 13.9 Å². The van der Waals surface area contributed by atoms with Gasteiger partial charge in [-0.1, -0.05) is 93.6 Å². The Bertz CT molecular complexity index is 1090. The molecule has 2 amide bonds. The van der Waals surface area contributed by atoms with Gasteiger partial charge in [0.15, 0.2) is 8.32 Å². The number of alkyl carbamates (subject to hydrolysis) is 2. The molecule has 0 aromatic heterocycles. The average molecular weight is 583 g/mol. The van der Waals surface area contributed by atoms with Crippen LogP contribution in [-0.2, 0) is 26.9 Å². The fourth-order valence-corrected chi connectivity index (χ4v) is 5.04. The molecule has 0 bridgehead atoms. The number of amides is 2. The van der Waals surface area contributed by atoms with Gasteiger partial charge in [-0.25, -0.2) is 9.59 Å². The summed E-state index contributed by atoms with van der Waals surface area (Å²) in [5, 5.41) is 5.90. The smallest absolute Gasteiger partial charge is 0.407 e. The molecule has 0 saturated heterocycles. The summed E-state index contributed by atoms with van der Waals surface area (Å²) in [4.78, 5) is 24.9. The minimum Gasteiger partial charge on any atom is -0.445 e. The number of allylic oxidation sites excluding steroid dienone is 1. The molecule has 0 radical (unpaired) electrons. The molecular formula is C33H50N2O5Si. The number of hydrogen-bond donors (Lipinski definition) is 2. The maximum atomic E-state index is 12.9. The van der Waals surface area contributed by atoms with Crippen molar-refractivity contribution in [2.24, 2.45) is 0 Å². The van der Waals surface area contributed by atoms with Gasteiger partial charge in [0.1, 0.15) is 12.2 Å². The first-order valence-corrected chi connectivity index (χ1v) is 17.4. The quantitative estimate of drug-likeness (QED) is 0.143. The molecule has 0 aliphatic rings. The van der Waals surface area contributed by atoms with Gasteiger partial charge in [-0.15, -0.1) is 0 Å². The van der Waals surface area contributed by atoms with E-state index in [1.165, 1.54) is 0 Å². The zero-order valence-corrected chi connectivity index (χ0v) is 27.2. The molecule has 0 unspecified atom stereocenters. The molecule has 2 atom stereocenters. The van der Waals surface area contributed by atoms with Crippen LogP contribution in [0.3, 0.4) is 0 Å². The lowest BCUT2D eigenvalue weighted by Crippen LogP contribution is -2.52. The highest BCUT2D eigenvalue weighted by Crippen LogP contribution is 2.38. The van der Waals surface area contributed by atoms with Gasteiger partial charge in [0.2, 0.25) is 0 Å². The minimum absolute atomic E-state index is 0.00760. The van der Waals surface area contributed by atoms with Crippen molar-refractivity contribution in [1.29, 1.82) is 0 Å². The second-order valence-corrected chi connectivity index (χ2v) is 17.6. The Hall–Kier alpha value is -3.10. The van der Waals surface area contributed by atoms with E-state index in [2.05, 4.69) is 68.8 Å². The molecule has 2 N–H and O–H groups in total. The third-order valence-electron chi connectivity index (χ3n) is 6.99. The molecular weight excluding hydrogens is 532 g/mol. The second-order valence-electron chi connectivity index (χ2n) is 12.8. The van der Waals surface area contributed by atoms with Gasteiger partial charge < -0.3 is 24.5 Å². The molecule has 41 heavy (non-hydrogen) atoms. The van der Waals surface area contributed by atoms with Crippen molar-refractivity contribution in [3.8, 4) is 0 Å². The van der Waals surface area contributed by atoms with E-state index in [1.54, 1.807) is 0 Å². The second kappa shape index (κ2) is 15.8. The number of ether oxygens (including phenoxy) is 2. The average Bonchev–Trinajstić information content (AvgIpc) is 2.87. The van der Waals surface area contributed by atoms with E-state index in [0.717, 1.165) is 24.0 Å². The van der Waals surface area contributed by atoms with Gasteiger partial charge in [0, 0.05) is 6.54 Å². The maximum Gasteiger partial charge on any atom is 0.407 e. The third-order valence-corrected chi connectivity index (χ3v) is 11.5. The zero-order valence-electron chi connectivity index (χ0n) is 26.2. The van der Waals surface area contributed by atoms with Crippen molar-refractivity contribution in [3.63, 3.8) is 0 Å². The Morgan fingerprint density at radius 2 is 1.46 bits per heavy atom. The highest BCUT2D eigenvalue weighted by atomic mass is 28.4. The fraction of sp³-hybridized carbons (Fsp3) is 0.515. The minimum atomic E-state index is -2.19. The number of benzene rings is 2. The molecule has 0 spiro atoms. The van der Waals surface area contributed by atoms with Gasteiger partial charge in [-0.05, 0) is 69.3 Å². The van der Waals surface area contributed by atoms with Crippen LogP contribution in [0.1, 0.15) is 65.5 Å². The Morgan fingerprint density at radius 3 is 2.02 bits per heavy atom. The van der Waals surface area contributed by atoms with Crippen molar-refractivity contribution in [2.75, 3.05) is 6.54 Å². The van der Waals surface area contributed by atoms with E-state index >= 15 is 0 Å². The van der Waals surface area contributed by atoms with Crippen molar-refractivity contribution in [2.45, 2.75) is 103 Å². The zero-order chi connectivity index (χ0) is 30.5. The molecule has 0 aliphatic heterocycles. The lowest BCUT2D eigenvalue weighted by molar-refractivity contribution is 0.0460. The van der Waals surface area contributed by atoms with Gasteiger partial charge in [0.05, 0.1) is 12.1 Å². The first-order chi connectivity index (χ1) is 19.2. The lowest BCUT2D eigenvalue weighted by atomic mass is 10.0. The van der Waals surface area contributed by atoms with Gasteiger partial charge in [-0.2, -0.15) is 0 Å². The monoisotopic (exact) mass is 582 g/mol. The van der Waals surface area contributed by atoms with E-state index < -0.39 is 26.1 Å². The van der Waals surface area contributed by atoms with Crippen LogP contribution < -0.4 is 10.6 Å². The molecule has 226 valence electrons. The Balaban J connectivity index is 2.08. The van der Waals surface area contributed by atoms with Crippen LogP contribution in [-0.4, -0.2) is 44.8 Å². The first kappa shape index (κ1) is 34.1. The highest BCUT2D eigenvalue weighted by molar-refractivity contribution is 6.74. The summed E-state index contributed by atoms with van der Waals surface area (Å²) in [5.41, 5.74) is 1.44. The molecule has 0 fully saturated rings. The molecule has 0 aliphatic carbocycles. The fourth-order valence-electron chi connectivity index (χ4n) is 3.76. The maximum absolute atomic E-state index is 12.9. The van der Waals surface area contributed by atoms with Gasteiger partial charge >= 0.3 is 12.2 Å². The molecule has 0 saturated carbocycles. The number of nitrogens with one attached hydrogen (secondary N) is 2. The van der Waals surface area contributed by atoms with Gasteiger partial charge in [0.25, 0.3) is 0 Å². The molecule has 2 aromatic rings. The van der Waals surface area contributed by atoms with Crippen LogP contribution in [0.5, 0.6) is 0 Å². The molecule has 2 rings (SSSR count). The van der Waals surface area contributed by atoms with E-state index in [9.17, 15) is 9.59 Å². The Kier molecular flexibility index (Phi) is 13.1. The summed E-state index contributed by atoms with van der Waals surface area (Å²) in [5.74, 6) is 0. The number of carbonyl (C=O) groups excluding carboxylic acids is 2. The normalized spacial score (nSPS) is 13.9. The van der Waals surface area contributed by atoms with Crippen LogP contribution >= 0.6 is 0 Å². The van der Waals surface area contributed by atoms with Crippen molar-refractivity contribution < 1.29 is 23.5 Å². The first-order valence-electron chi connectivity index (χ1n) is 14.5. The number of unbranched alkanes of at least 4 members (excludes halogenated alkanes) is 1. The van der Waals surface area contributed by atoms with Crippen molar-refractivity contribution in [3.05, 3.63) is 83.9 Å². The van der Waals surface area contributed by atoms with E-state index in [0.29, 0.717) is 13.0 Å². The summed E-state index contributed by atoms with van der Waals surface area (Å²) in [6.45, 7) is 17.3. The summed E-state index contributed by atoms with van der Waals surface area (Å²) in [7, 11) is -2.19. The molecule has 0 heterocycles. The van der Waals surface area contributed by atoms with Crippen LogP contribution in [0.25, 0.3) is 0 Å². The SMILES string of the molecule is CC(C)(C)OC(=O)N[C@@H](Cc1ccccc1)[C@@H](/C=C/CCCNC(=O)OCc1ccccc1)O[Si](C)(C)C(C)(C)C. The predicted octanol–water partition coefficient (Wildman–Crippen LogP) is 7.78. The summed E-state index contributed by atoms with van der Waals surface area (Å²) < 4.78 is 17.8. The Morgan fingerprint density at radius 1 is 0.878 bits per heavy atom. The summed E-state index contributed by atoms with van der Waals surface area (Å²) in [6, 6.07) is 19.4.